The lowest BCUT2D eigenvalue weighted by molar-refractivity contribution is -0.143. The highest BCUT2D eigenvalue weighted by Gasteiger charge is 2.26. The number of carboxylic acids is 1. The highest BCUT2D eigenvalue weighted by molar-refractivity contribution is 5.79. The van der Waals surface area contributed by atoms with Gasteiger partial charge in [-0.05, 0) is 37.8 Å². The number of carbonyl (C=O) groups excluding carboxylic acids is 3. The second-order valence-corrected chi connectivity index (χ2v) is 8.48. The van der Waals surface area contributed by atoms with Crippen molar-refractivity contribution < 1.29 is 38.5 Å². The predicted octanol–water partition coefficient (Wildman–Crippen LogP) is 0.871. The van der Waals surface area contributed by atoms with Crippen LogP contribution in [-0.2, 0) is 28.7 Å². The number of rotatable bonds is 17. The molecule has 0 aromatic heterocycles. The maximum absolute atomic E-state index is 12.0. The van der Waals surface area contributed by atoms with Crippen LogP contribution in [0.1, 0.15) is 38.5 Å². The molecule has 0 spiro atoms. The van der Waals surface area contributed by atoms with Gasteiger partial charge in [-0.1, -0.05) is 18.2 Å². The Bertz CT molecular complexity index is 813. The van der Waals surface area contributed by atoms with E-state index in [1.54, 1.807) is 12.1 Å². The lowest BCUT2D eigenvalue weighted by Crippen LogP contribution is -2.39. The summed E-state index contributed by atoms with van der Waals surface area (Å²) in [6.07, 6.45) is 2.96. The van der Waals surface area contributed by atoms with Gasteiger partial charge in [0.15, 0.2) is 6.61 Å². The van der Waals surface area contributed by atoms with E-state index in [0.29, 0.717) is 57.8 Å². The van der Waals surface area contributed by atoms with Crippen molar-refractivity contribution in [2.75, 3.05) is 46.1 Å². The average molecular weight is 508 g/mol. The summed E-state index contributed by atoms with van der Waals surface area (Å²) in [5.41, 5.74) is 0. The van der Waals surface area contributed by atoms with Crippen LogP contribution in [0.2, 0.25) is 0 Å². The quantitative estimate of drug-likeness (QED) is 0.227. The molecule has 36 heavy (non-hydrogen) atoms. The molecule has 1 saturated carbocycles. The number of ether oxygens (including phenoxy) is 3. The minimum atomic E-state index is -0.760. The van der Waals surface area contributed by atoms with E-state index >= 15 is 0 Å². The van der Waals surface area contributed by atoms with Crippen LogP contribution >= 0.6 is 0 Å². The molecule has 1 aliphatic carbocycles. The Morgan fingerprint density at radius 1 is 0.778 bits per heavy atom. The number of aliphatic carboxylic acids is 1. The van der Waals surface area contributed by atoms with Gasteiger partial charge in [-0.25, -0.2) is 0 Å². The number of carbonyl (C=O) groups is 4. The fourth-order valence-corrected chi connectivity index (χ4v) is 3.65. The standard InChI is InChI=1S/C25H37N3O8/c29-22(10-12-26-24(31)18-36-21-4-2-1-3-5-21)27-13-15-35-17-16-34-14-11-23(30)28-20-8-6-19(7-9-20)25(32)33/h1-5,19-20H,6-18H2,(H,26,31)(H,27,29)(H,28,30)(H,32,33). The van der Waals surface area contributed by atoms with E-state index in [9.17, 15) is 19.2 Å². The molecule has 3 amide bonds. The third kappa shape index (κ3) is 13.1. The summed E-state index contributed by atoms with van der Waals surface area (Å²) in [5, 5.41) is 17.3. The number of carboxylic acid groups (broad SMARTS) is 1. The van der Waals surface area contributed by atoms with E-state index in [4.69, 9.17) is 19.3 Å². The Morgan fingerprint density at radius 2 is 1.44 bits per heavy atom. The second-order valence-electron chi connectivity index (χ2n) is 8.48. The number of para-hydroxylation sites is 1. The molecule has 0 bridgehead atoms. The summed E-state index contributed by atoms with van der Waals surface area (Å²) < 4.78 is 16.1. The Hall–Kier alpha value is -3.18. The van der Waals surface area contributed by atoms with Gasteiger partial charge in [-0.3, -0.25) is 19.2 Å². The van der Waals surface area contributed by atoms with Crippen LogP contribution in [-0.4, -0.2) is 81.0 Å². The lowest BCUT2D eigenvalue weighted by Gasteiger charge is -2.26. The molecule has 1 aromatic rings. The number of hydrogen-bond acceptors (Lipinski definition) is 7. The number of benzene rings is 1. The molecule has 200 valence electrons. The topological polar surface area (TPSA) is 152 Å². The Labute approximate surface area is 211 Å². The fourth-order valence-electron chi connectivity index (χ4n) is 3.65. The van der Waals surface area contributed by atoms with Gasteiger partial charge in [-0.15, -0.1) is 0 Å². The summed E-state index contributed by atoms with van der Waals surface area (Å²) in [6.45, 7) is 1.73. The van der Waals surface area contributed by atoms with Gasteiger partial charge < -0.3 is 35.3 Å². The monoisotopic (exact) mass is 507 g/mol. The van der Waals surface area contributed by atoms with Crippen LogP contribution in [0.25, 0.3) is 0 Å². The van der Waals surface area contributed by atoms with Gasteiger partial charge in [0, 0.05) is 32.0 Å². The summed E-state index contributed by atoms with van der Waals surface area (Å²) in [7, 11) is 0. The van der Waals surface area contributed by atoms with Gasteiger partial charge in [0.2, 0.25) is 11.8 Å². The molecule has 4 N–H and O–H groups in total. The zero-order valence-corrected chi connectivity index (χ0v) is 20.5. The van der Waals surface area contributed by atoms with E-state index in [0.717, 1.165) is 0 Å². The molecule has 0 heterocycles. The molecule has 0 unspecified atom stereocenters. The van der Waals surface area contributed by atoms with Crippen molar-refractivity contribution in [1.29, 1.82) is 0 Å². The summed E-state index contributed by atoms with van der Waals surface area (Å²) >= 11 is 0. The number of amides is 3. The first-order valence-electron chi connectivity index (χ1n) is 12.3. The first-order chi connectivity index (χ1) is 17.4. The molecule has 1 fully saturated rings. The average Bonchev–Trinajstić information content (AvgIpc) is 2.87. The molecule has 0 saturated heterocycles. The van der Waals surface area contributed by atoms with Gasteiger partial charge >= 0.3 is 5.97 Å². The van der Waals surface area contributed by atoms with E-state index < -0.39 is 5.97 Å². The Kier molecular flexibility index (Phi) is 13.9. The molecule has 0 radical (unpaired) electrons. The molecular formula is C25H37N3O8. The minimum Gasteiger partial charge on any atom is -0.484 e. The van der Waals surface area contributed by atoms with Crippen LogP contribution in [0, 0.1) is 5.92 Å². The Morgan fingerprint density at radius 3 is 2.14 bits per heavy atom. The summed E-state index contributed by atoms with van der Waals surface area (Å²) in [6, 6.07) is 9.04. The molecule has 11 heteroatoms. The summed E-state index contributed by atoms with van der Waals surface area (Å²) in [5.74, 6) is -1.04. The zero-order chi connectivity index (χ0) is 26.0. The van der Waals surface area contributed by atoms with Crippen molar-refractivity contribution in [3.8, 4) is 5.75 Å². The molecule has 1 aliphatic rings. The third-order valence-electron chi connectivity index (χ3n) is 5.64. The highest BCUT2D eigenvalue weighted by atomic mass is 16.5. The maximum Gasteiger partial charge on any atom is 0.306 e. The molecule has 11 nitrogen and oxygen atoms in total. The molecular weight excluding hydrogens is 470 g/mol. The van der Waals surface area contributed by atoms with Crippen LogP contribution in [0.5, 0.6) is 5.75 Å². The number of nitrogens with one attached hydrogen (secondary N) is 3. The third-order valence-corrected chi connectivity index (χ3v) is 5.64. The van der Waals surface area contributed by atoms with Crippen molar-refractivity contribution in [2.24, 2.45) is 5.92 Å². The fraction of sp³-hybridized carbons (Fsp3) is 0.600. The van der Waals surface area contributed by atoms with Crippen molar-refractivity contribution in [2.45, 2.75) is 44.6 Å². The minimum absolute atomic E-state index is 0.0385. The molecule has 1 aromatic carbocycles. The molecule has 0 atom stereocenters. The van der Waals surface area contributed by atoms with E-state index in [1.165, 1.54) is 0 Å². The highest BCUT2D eigenvalue weighted by Crippen LogP contribution is 2.24. The first kappa shape index (κ1) is 29.1. The summed E-state index contributed by atoms with van der Waals surface area (Å²) in [4.78, 5) is 46.4. The van der Waals surface area contributed by atoms with Crippen molar-refractivity contribution in [3.63, 3.8) is 0 Å². The van der Waals surface area contributed by atoms with E-state index in [2.05, 4.69) is 16.0 Å². The SMILES string of the molecule is O=C(CCNC(=O)COc1ccccc1)NCCOCCOCCC(=O)NC1CCC(C(=O)O)CC1. The predicted molar refractivity (Wildman–Crippen MR) is 130 cm³/mol. The number of hydrogen-bond donors (Lipinski definition) is 4. The van der Waals surface area contributed by atoms with Crippen molar-refractivity contribution >= 4 is 23.7 Å². The van der Waals surface area contributed by atoms with E-state index in [1.807, 2.05) is 18.2 Å². The largest absolute Gasteiger partial charge is 0.484 e. The van der Waals surface area contributed by atoms with Crippen LogP contribution in [0.3, 0.4) is 0 Å². The van der Waals surface area contributed by atoms with E-state index in [-0.39, 0.29) is 62.3 Å². The van der Waals surface area contributed by atoms with Gasteiger partial charge in [0.1, 0.15) is 5.75 Å². The molecule has 0 aliphatic heterocycles. The second kappa shape index (κ2) is 17.3. The first-order valence-corrected chi connectivity index (χ1v) is 12.3. The maximum atomic E-state index is 12.0. The van der Waals surface area contributed by atoms with Crippen molar-refractivity contribution in [3.05, 3.63) is 30.3 Å². The van der Waals surface area contributed by atoms with Crippen LogP contribution in [0.4, 0.5) is 0 Å². The smallest absolute Gasteiger partial charge is 0.306 e. The zero-order valence-electron chi connectivity index (χ0n) is 20.5. The Balaban J connectivity index is 1.35. The van der Waals surface area contributed by atoms with Gasteiger partial charge in [0.05, 0.1) is 32.3 Å². The van der Waals surface area contributed by atoms with Crippen LogP contribution < -0.4 is 20.7 Å². The molecule has 2 rings (SSSR count). The van der Waals surface area contributed by atoms with Crippen molar-refractivity contribution in [1.82, 2.24) is 16.0 Å². The van der Waals surface area contributed by atoms with Crippen LogP contribution in [0.15, 0.2) is 30.3 Å². The van der Waals surface area contributed by atoms with Gasteiger partial charge in [-0.2, -0.15) is 0 Å². The lowest BCUT2D eigenvalue weighted by atomic mass is 9.86. The normalized spacial score (nSPS) is 17.1. The van der Waals surface area contributed by atoms with Gasteiger partial charge in [0.25, 0.3) is 5.91 Å².